The van der Waals surface area contributed by atoms with E-state index in [1.807, 2.05) is 18.2 Å². The lowest BCUT2D eigenvalue weighted by atomic mass is 10.1. The third kappa shape index (κ3) is 4.91. The van der Waals surface area contributed by atoms with E-state index in [4.69, 9.17) is 0 Å². The molecule has 5 heteroatoms. The molecule has 3 rings (SSSR count). The number of anilines is 2. The van der Waals surface area contributed by atoms with E-state index in [9.17, 15) is 14.0 Å². The zero-order chi connectivity index (χ0) is 18.4. The van der Waals surface area contributed by atoms with Crippen LogP contribution in [0.25, 0.3) is 0 Å². The topological polar surface area (TPSA) is 49.4 Å². The summed E-state index contributed by atoms with van der Waals surface area (Å²) >= 11 is 0. The summed E-state index contributed by atoms with van der Waals surface area (Å²) in [4.78, 5) is 26.5. The van der Waals surface area contributed by atoms with E-state index in [1.165, 1.54) is 43.5 Å². The second kappa shape index (κ2) is 8.61. The first-order chi connectivity index (χ1) is 12.6. The number of nitrogens with one attached hydrogen (secondary N) is 1. The highest BCUT2D eigenvalue weighted by Crippen LogP contribution is 2.23. The van der Waals surface area contributed by atoms with Gasteiger partial charge in [-0.05, 0) is 61.7 Å². The van der Waals surface area contributed by atoms with Crippen LogP contribution in [0, 0.1) is 5.82 Å². The smallest absolute Gasteiger partial charge is 0.224 e. The predicted octanol–water partition coefficient (Wildman–Crippen LogP) is 4.42. The van der Waals surface area contributed by atoms with E-state index < -0.39 is 0 Å². The summed E-state index contributed by atoms with van der Waals surface area (Å²) in [5, 5.41) is 2.86. The molecule has 0 unspecified atom stereocenters. The van der Waals surface area contributed by atoms with Gasteiger partial charge >= 0.3 is 0 Å². The summed E-state index contributed by atoms with van der Waals surface area (Å²) in [6.07, 6.45) is 3.87. The van der Waals surface area contributed by atoms with Crippen LogP contribution in [0.5, 0.6) is 0 Å². The Balaban J connectivity index is 1.53. The molecule has 2 aromatic rings. The number of ketones is 1. The van der Waals surface area contributed by atoms with Gasteiger partial charge in [0.25, 0.3) is 0 Å². The van der Waals surface area contributed by atoms with E-state index >= 15 is 0 Å². The molecule has 2 aromatic carbocycles. The van der Waals surface area contributed by atoms with Crippen molar-refractivity contribution in [3.05, 3.63) is 59.9 Å². The standard InChI is InChI=1S/C21H23FN2O2/c22-17-9-7-16(8-10-17)20(25)11-12-21(26)23-18-5-4-6-19(15-18)24-13-2-1-3-14-24/h4-10,15H,1-3,11-14H2,(H,23,26). The van der Waals surface area contributed by atoms with Crippen LogP contribution >= 0.6 is 0 Å². The number of rotatable bonds is 6. The Morgan fingerprint density at radius 2 is 1.69 bits per heavy atom. The number of hydrogen-bond acceptors (Lipinski definition) is 3. The van der Waals surface area contributed by atoms with Crippen molar-refractivity contribution >= 4 is 23.1 Å². The van der Waals surface area contributed by atoms with Gasteiger partial charge in [-0.1, -0.05) is 6.07 Å². The fourth-order valence-electron chi connectivity index (χ4n) is 3.16. The lowest BCUT2D eigenvalue weighted by molar-refractivity contribution is -0.116. The van der Waals surface area contributed by atoms with E-state index in [0.717, 1.165) is 24.5 Å². The van der Waals surface area contributed by atoms with Crippen LogP contribution in [0.2, 0.25) is 0 Å². The van der Waals surface area contributed by atoms with Crippen LogP contribution in [-0.2, 0) is 4.79 Å². The molecule has 0 aromatic heterocycles. The molecule has 4 nitrogen and oxygen atoms in total. The highest BCUT2D eigenvalue weighted by Gasteiger charge is 2.13. The quantitative estimate of drug-likeness (QED) is 0.782. The minimum Gasteiger partial charge on any atom is -0.371 e. The second-order valence-electron chi connectivity index (χ2n) is 6.58. The van der Waals surface area contributed by atoms with Crippen LogP contribution in [0.3, 0.4) is 0 Å². The summed E-state index contributed by atoms with van der Waals surface area (Å²) in [6, 6.07) is 13.2. The average molecular weight is 354 g/mol. The number of amides is 1. The lowest BCUT2D eigenvalue weighted by Crippen LogP contribution is -2.29. The molecule has 0 atom stereocenters. The fraction of sp³-hybridized carbons (Fsp3) is 0.333. The number of carbonyl (C=O) groups excluding carboxylic acids is 2. The van der Waals surface area contributed by atoms with Gasteiger partial charge in [0.05, 0.1) is 0 Å². The second-order valence-corrected chi connectivity index (χ2v) is 6.58. The van der Waals surface area contributed by atoms with Gasteiger partial charge in [-0.3, -0.25) is 9.59 Å². The van der Waals surface area contributed by atoms with E-state index in [1.54, 1.807) is 0 Å². The third-order valence-electron chi connectivity index (χ3n) is 4.60. The third-order valence-corrected chi connectivity index (χ3v) is 4.60. The molecule has 1 N–H and O–H groups in total. The molecule has 136 valence electrons. The monoisotopic (exact) mass is 354 g/mol. The minimum absolute atomic E-state index is 0.100. The van der Waals surface area contributed by atoms with Crippen molar-refractivity contribution in [2.75, 3.05) is 23.3 Å². The maximum Gasteiger partial charge on any atom is 0.224 e. The fourth-order valence-corrected chi connectivity index (χ4v) is 3.16. The van der Waals surface area contributed by atoms with E-state index in [2.05, 4.69) is 16.3 Å². The van der Waals surface area contributed by atoms with Crippen molar-refractivity contribution in [3.63, 3.8) is 0 Å². The average Bonchev–Trinajstić information content (AvgIpc) is 2.67. The van der Waals surface area contributed by atoms with Crippen molar-refractivity contribution in [2.24, 2.45) is 0 Å². The Hall–Kier alpha value is -2.69. The van der Waals surface area contributed by atoms with Crippen LogP contribution in [0.1, 0.15) is 42.5 Å². The molecule has 1 amide bonds. The first-order valence-corrected chi connectivity index (χ1v) is 9.05. The van der Waals surface area contributed by atoms with Crippen LogP contribution in [0.4, 0.5) is 15.8 Å². The van der Waals surface area contributed by atoms with Crippen molar-refractivity contribution in [2.45, 2.75) is 32.1 Å². The summed E-state index contributed by atoms with van der Waals surface area (Å²) in [5.41, 5.74) is 2.28. The van der Waals surface area contributed by atoms with Crippen molar-refractivity contribution in [1.82, 2.24) is 0 Å². The van der Waals surface area contributed by atoms with Crippen LogP contribution in [0.15, 0.2) is 48.5 Å². The molecular weight excluding hydrogens is 331 g/mol. The van der Waals surface area contributed by atoms with Gasteiger partial charge in [0.1, 0.15) is 5.82 Å². The van der Waals surface area contributed by atoms with Gasteiger partial charge in [-0.2, -0.15) is 0 Å². The molecule has 0 aliphatic carbocycles. The Morgan fingerprint density at radius 1 is 0.962 bits per heavy atom. The van der Waals surface area contributed by atoms with Crippen molar-refractivity contribution in [3.8, 4) is 0 Å². The molecular formula is C21H23FN2O2. The maximum absolute atomic E-state index is 12.9. The Morgan fingerprint density at radius 3 is 2.42 bits per heavy atom. The summed E-state index contributed by atoms with van der Waals surface area (Å²) in [6.45, 7) is 2.09. The van der Waals surface area contributed by atoms with Gasteiger partial charge in [-0.15, -0.1) is 0 Å². The van der Waals surface area contributed by atoms with E-state index in [0.29, 0.717) is 5.56 Å². The van der Waals surface area contributed by atoms with Gasteiger partial charge in [0, 0.05) is 42.9 Å². The molecule has 0 bridgehead atoms. The normalized spacial score (nSPS) is 14.1. The van der Waals surface area contributed by atoms with Gasteiger partial charge in [-0.25, -0.2) is 4.39 Å². The van der Waals surface area contributed by atoms with Crippen LogP contribution < -0.4 is 10.2 Å². The number of nitrogens with zero attached hydrogens (tertiary/aromatic N) is 1. The predicted molar refractivity (Wildman–Crippen MR) is 101 cm³/mol. The SMILES string of the molecule is O=C(CCC(=O)c1ccc(F)cc1)Nc1cccc(N2CCCCC2)c1. The summed E-state index contributed by atoms with van der Waals surface area (Å²) in [5.74, 6) is -0.744. The van der Waals surface area contributed by atoms with Crippen LogP contribution in [-0.4, -0.2) is 24.8 Å². The zero-order valence-corrected chi connectivity index (χ0v) is 14.7. The summed E-state index contributed by atoms with van der Waals surface area (Å²) < 4.78 is 12.9. The van der Waals surface area contributed by atoms with Gasteiger partial charge < -0.3 is 10.2 Å². The van der Waals surface area contributed by atoms with Gasteiger partial charge in [0.15, 0.2) is 5.78 Å². The highest BCUT2D eigenvalue weighted by atomic mass is 19.1. The van der Waals surface area contributed by atoms with Gasteiger partial charge in [0.2, 0.25) is 5.91 Å². The Bertz CT molecular complexity index is 768. The molecule has 1 aliphatic rings. The highest BCUT2D eigenvalue weighted by molar-refractivity contribution is 6.00. The number of benzene rings is 2. The Kier molecular flexibility index (Phi) is 6.00. The molecule has 1 heterocycles. The largest absolute Gasteiger partial charge is 0.371 e. The number of carbonyl (C=O) groups is 2. The Labute approximate surface area is 153 Å². The molecule has 0 saturated carbocycles. The van der Waals surface area contributed by atoms with Crippen molar-refractivity contribution < 1.29 is 14.0 Å². The number of Topliss-reactive ketones (excluding diaryl/α,β-unsaturated/α-hetero) is 1. The maximum atomic E-state index is 12.9. The molecule has 26 heavy (non-hydrogen) atoms. The van der Waals surface area contributed by atoms with E-state index in [-0.39, 0.29) is 30.3 Å². The molecule has 1 aliphatic heterocycles. The molecule has 1 fully saturated rings. The first-order valence-electron chi connectivity index (χ1n) is 9.05. The molecule has 0 spiro atoms. The van der Waals surface area contributed by atoms with Crippen molar-refractivity contribution in [1.29, 1.82) is 0 Å². The zero-order valence-electron chi connectivity index (χ0n) is 14.7. The summed E-state index contributed by atoms with van der Waals surface area (Å²) in [7, 11) is 0. The minimum atomic E-state index is -0.382. The molecule has 1 saturated heterocycles. The first kappa shape index (κ1) is 18.1. The number of piperidine rings is 1. The number of halogens is 1. The number of hydrogen-bond donors (Lipinski definition) is 1. The molecule has 0 radical (unpaired) electrons. The lowest BCUT2D eigenvalue weighted by Gasteiger charge is -2.29.